The Morgan fingerprint density at radius 2 is 2.06 bits per heavy atom. The number of H-pyrrole nitrogens is 1. The maximum Gasteiger partial charge on any atom is 0.416 e. The van der Waals surface area contributed by atoms with Gasteiger partial charge in [0.2, 0.25) is 5.88 Å². The van der Waals surface area contributed by atoms with Crippen molar-refractivity contribution in [3.8, 4) is 5.88 Å². The van der Waals surface area contributed by atoms with E-state index in [-0.39, 0.29) is 6.61 Å². The van der Waals surface area contributed by atoms with E-state index in [1.165, 1.54) is 6.07 Å². The lowest BCUT2D eigenvalue weighted by molar-refractivity contribution is -0.137. The van der Waals surface area contributed by atoms with Crippen molar-refractivity contribution < 1.29 is 17.9 Å². The SMILES string of the molecule is FC(F)(F)c1cccc(COc2cc[nH]n2)c1. The molecule has 1 N–H and O–H groups in total. The zero-order valence-corrected chi connectivity index (χ0v) is 8.66. The molecule has 0 fully saturated rings. The second-order valence-corrected chi connectivity index (χ2v) is 3.40. The molecule has 17 heavy (non-hydrogen) atoms. The predicted octanol–water partition coefficient (Wildman–Crippen LogP) is 3.01. The summed E-state index contributed by atoms with van der Waals surface area (Å²) in [5.41, 5.74) is -0.233. The second-order valence-electron chi connectivity index (χ2n) is 3.40. The van der Waals surface area contributed by atoms with Crippen LogP contribution in [0, 0.1) is 0 Å². The molecule has 0 saturated heterocycles. The summed E-state index contributed by atoms with van der Waals surface area (Å²) < 4.78 is 42.5. The van der Waals surface area contributed by atoms with Gasteiger partial charge < -0.3 is 4.74 Å². The highest BCUT2D eigenvalue weighted by Crippen LogP contribution is 2.29. The van der Waals surface area contributed by atoms with E-state index in [1.54, 1.807) is 18.3 Å². The molecule has 90 valence electrons. The van der Waals surface area contributed by atoms with Gasteiger partial charge in [0.15, 0.2) is 0 Å². The largest absolute Gasteiger partial charge is 0.472 e. The Hall–Kier alpha value is -1.98. The lowest BCUT2D eigenvalue weighted by Gasteiger charge is -2.08. The van der Waals surface area contributed by atoms with Gasteiger partial charge in [0, 0.05) is 12.3 Å². The number of alkyl halides is 3. The van der Waals surface area contributed by atoms with Crippen LogP contribution in [-0.2, 0) is 12.8 Å². The lowest BCUT2D eigenvalue weighted by Crippen LogP contribution is -2.06. The maximum atomic E-state index is 12.4. The van der Waals surface area contributed by atoms with Crippen LogP contribution in [0.4, 0.5) is 13.2 Å². The van der Waals surface area contributed by atoms with E-state index in [0.717, 1.165) is 12.1 Å². The van der Waals surface area contributed by atoms with Crippen LogP contribution in [0.5, 0.6) is 5.88 Å². The number of benzene rings is 1. The molecule has 2 aromatic rings. The fraction of sp³-hybridized carbons (Fsp3) is 0.182. The third kappa shape index (κ3) is 2.99. The highest BCUT2D eigenvalue weighted by atomic mass is 19.4. The summed E-state index contributed by atoms with van der Waals surface area (Å²) in [6.07, 6.45) is -2.76. The number of nitrogens with one attached hydrogen (secondary N) is 1. The van der Waals surface area contributed by atoms with Crippen molar-refractivity contribution in [1.29, 1.82) is 0 Å². The number of aromatic nitrogens is 2. The molecule has 3 nitrogen and oxygen atoms in total. The molecule has 0 saturated carbocycles. The molecule has 1 heterocycles. The van der Waals surface area contributed by atoms with E-state index in [4.69, 9.17) is 4.74 Å². The summed E-state index contributed by atoms with van der Waals surface area (Å²) in [5, 5.41) is 6.28. The molecule has 0 aliphatic heterocycles. The normalized spacial score (nSPS) is 11.5. The molecule has 6 heteroatoms. The minimum absolute atomic E-state index is 0.0504. The number of hydrogen-bond acceptors (Lipinski definition) is 2. The highest BCUT2D eigenvalue weighted by molar-refractivity contribution is 5.25. The molecule has 2 rings (SSSR count). The first-order valence-electron chi connectivity index (χ1n) is 4.84. The van der Waals surface area contributed by atoms with Crippen molar-refractivity contribution >= 4 is 0 Å². The average molecular weight is 242 g/mol. The Kier molecular flexibility index (Phi) is 3.03. The monoisotopic (exact) mass is 242 g/mol. The Bertz CT molecular complexity index is 480. The van der Waals surface area contributed by atoms with Gasteiger partial charge >= 0.3 is 6.18 Å². The maximum absolute atomic E-state index is 12.4. The van der Waals surface area contributed by atoms with Gasteiger partial charge in [-0.1, -0.05) is 12.1 Å². The van der Waals surface area contributed by atoms with Crippen LogP contribution in [-0.4, -0.2) is 10.2 Å². The summed E-state index contributed by atoms with van der Waals surface area (Å²) in [4.78, 5) is 0. The van der Waals surface area contributed by atoms with Gasteiger partial charge in [-0.2, -0.15) is 13.2 Å². The zero-order chi connectivity index (χ0) is 12.3. The van der Waals surface area contributed by atoms with Crippen LogP contribution < -0.4 is 4.74 Å². The van der Waals surface area contributed by atoms with Crippen LogP contribution in [0.25, 0.3) is 0 Å². The van der Waals surface area contributed by atoms with Crippen LogP contribution >= 0.6 is 0 Å². The number of ether oxygens (including phenoxy) is 1. The first kappa shape index (κ1) is 11.5. The summed E-state index contributed by atoms with van der Waals surface area (Å²) in [7, 11) is 0. The number of nitrogens with zero attached hydrogens (tertiary/aromatic N) is 1. The number of rotatable bonds is 3. The molecule has 0 amide bonds. The standard InChI is InChI=1S/C11H9F3N2O/c12-11(13,14)9-3-1-2-8(6-9)7-17-10-4-5-15-16-10/h1-6H,7H2,(H,15,16). The van der Waals surface area contributed by atoms with Gasteiger partial charge in [0.05, 0.1) is 5.56 Å². The predicted molar refractivity (Wildman–Crippen MR) is 54.4 cm³/mol. The zero-order valence-electron chi connectivity index (χ0n) is 8.66. The van der Waals surface area contributed by atoms with Crippen LogP contribution in [0.15, 0.2) is 36.5 Å². The van der Waals surface area contributed by atoms with Crippen molar-refractivity contribution in [3.63, 3.8) is 0 Å². The van der Waals surface area contributed by atoms with Gasteiger partial charge in [0.1, 0.15) is 6.61 Å². The molecule has 0 radical (unpaired) electrons. The molecule has 1 aromatic heterocycles. The minimum Gasteiger partial charge on any atom is -0.472 e. The first-order valence-corrected chi connectivity index (χ1v) is 4.84. The Balaban J connectivity index is 2.07. The van der Waals surface area contributed by atoms with E-state index in [0.29, 0.717) is 11.4 Å². The molecule has 0 bridgehead atoms. The van der Waals surface area contributed by atoms with Crippen molar-refractivity contribution in [2.24, 2.45) is 0 Å². The van der Waals surface area contributed by atoms with Crippen molar-refractivity contribution in [1.82, 2.24) is 10.2 Å². The number of hydrogen-bond donors (Lipinski definition) is 1. The van der Waals surface area contributed by atoms with Crippen LogP contribution in [0.1, 0.15) is 11.1 Å². The quantitative estimate of drug-likeness (QED) is 0.898. The summed E-state index contributed by atoms with van der Waals surface area (Å²) >= 11 is 0. The Labute approximate surface area is 95.2 Å². The molecule has 0 atom stereocenters. The topological polar surface area (TPSA) is 37.9 Å². The fourth-order valence-electron chi connectivity index (χ4n) is 1.32. The van der Waals surface area contributed by atoms with Crippen molar-refractivity contribution in [2.75, 3.05) is 0 Å². The summed E-state index contributed by atoms with van der Waals surface area (Å²) in [6, 6.07) is 6.60. The van der Waals surface area contributed by atoms with E-state index in [9.17, 15) is 13.2 Å². The molecular weight excluding hydrogens is 233 g/mol. The van der Waals surface area contributed by atoms with Crippen LogP contribution in [0.2, 0.25) is 0 Å². The molecular formula is C11H9F3N2O. The first-order chi connectivity index (χ1) is 8.05. The smallest absolute Gasteiger partial charge is 0.416 e. The molecule has 0 spiro atoms. The third-order valence-electron chi connectivity index (χ3n) is 2.12. The van der Waals surface area contributed by atoms with E-state index in [2.05, 4.69) is 10.2 Å². The van der Waals surface area contributed by atoms with E-state index >= 15 is 0 Å². The fourth-order valence-corrected chi connectivity index (χ4v) is 1.32. The van der Waals surface area contributed by atoms with E-state index < -0.39 is 11.7 Å². The third-order valence-corrected chi connectivity index (χ3v) is 2.12. The number of halogens is 3. The number of aromatic amines is 1. The van der Waals surface area contributed by atoms with Crippen molar-refractivity contribution in [3.05, 3.63) is 47.7 Å². The Morgan fingerprint density at radius 1 is 1.24 bits per heavy atom. The molecule has 0 aliphatic carbocycles. The molecule has 1 aromatic carbocycles. The van der Waals surface area contributed by atoms with Gasteiger partial charge in [-0.15, -0.1) is 5.10 Å². The molecule has 0 unspecified atom stereocenters. The van der Waals surface area contributed by atoms with E-state index in [1.807, 2.05) is 0 Å². The van der Waals surface area contributed by atoms with Crippen LogP contribution in [0.3, 0.4) is 0 Å². The Morgan fingerprint density at radius 3 is 2.71 bits per heavy atom. The average Bonchev–Trinajstić information content (AvgIpc) is 2.78. The molecule has 0 aliphatic rings. The van der Waals surface area contributed by atoms with Crippen molar-refractivity contribution in [2.45, 2.75) is 12.8 Å². The summed E-state index contributed by atoms with van der Waals surface area (Å²) in [6.45, 7) is 0.0504. The van der Waals surface area contributed by atoms with Gasteiger partial charge in [0.25, 0.3) is 0 Å². The lowest BCUT2D eigenvalue weighted by atomic mass is 10.1. The minimum atomic E-state index is -4.33. The van der Waals surface area contributed by atoms with Gasteiger partial charge in [-0.25, -0.2) is 0 Å². The van der Waals surface area contributed by atoms with Gasteiger partial charge in [-0.05, 0) is 17.7 Å². The second kappa shape index (κ2) is 4.48. The summed E-state index contributed by atoms with van der Waals surface area (Å²) in [5.74, 6) is 0.349. The highest BCUT2D eigenvalue weighted by Gasteiger charge is 2.30. The van der Waals surface area contributed by atoms with Gasteiger partial charge in [-0.3, -0.25) is 5.10 Å².